The van der Waals surface area contributed by atoms with Crippen LogP contribution in [-0.2, 0) is 15.7 Å². The van der Waals surface area contributed by atoms with Gasteiger partial charge < -0.3 is 14.8 Å². The summed E-state index contributed by atoms with van der Waals surface area (Å²) in [6, 6.07) is 17.9. The van der Waals surface area contributed by atoms with Gasteiger partial charge in [0.2, 0.25) is 5.66 Å². The molecule has 2 aromatic carbocycles. The molecular formula is C20H25NO4P+. The number of morpholine rings is 1. The van der Waals surface area contributed by atoms with Crippen molar-refractivity contribution in [3.8, 4) is 5.75 Å². The molecule has 6 heteroatoms. The van der Waals surface area contributed by atoms with Crippen LogP contribution in [0.3, 0.4) is 0 Å². The van der Waals surface area contributed by atoms with Gasteiger partial charge in [-0.3, -0.25) is 0 Å². The van der Waals surface area contributed by atoms with Crippen molar-refractivity contribution in [3.63, 3.8) is 0 Å². The molecule has 1 saturated heterocycles. The summed E-state index contributed by atoms with van der Waals surface area (Å²) in [5.41, 5.74) is 1.68. The molecule has 0 amide bonds. The summed E-state index contributed by atoms with van der Waals surface area (Å²) in [4.78, 5) is 9.77. The van der Waals surface area contributed by atoms with Crippen molar-refractivity contribution in [1.82, 2.24) is 5.32 Å². The largest absolute Gasteiger partial charge is 0.513 e. The fourth-order valence-corrected chi connectivity index (χ4v) is 4.12. The molecule has 1 fully saturated rings. The minimum absolute atomic E-state index is 0.0692. The molecule has 4 unspecified atom stereocenters. The summed E-state index contributed by atoms with van der Waals surface area (Å²) in [7, 11) is -0.725. The van der Waals surface area contributed by atoms with Crippen LogP contribution in [-0.4, -0.2) is 37.3 Å². The third-order valence-electron chi connectivity index (χ3n) is 4.75. The third-order valence-corrected chi connectivity index (χ3v) is 5.79. The summed E-state index contributed by atoms with van der Waals surface area (Å²) >= 11 is 0. The standard InChI is InChI=1S/C20H24NO4P/c1-24-18-9-7-16(8-10-18)20(26(22)23)12-19-13-21-17(14-25-19)11-15-5-3-2-4-6-15/h2-10,17,19-21H,11-14H2,1H3/p+1. The Morgan fingerprint density at radius 2 is 1.96 bits per heavy atom. The van der Waals surface area contributed by atoms with Gasteiger partial charge in [0.05, 0.1) is 19.8 Å². The van der Waals surface area contributed by atoms with E-state index in [1.807, 2.05) is 42.5 Å². The maximum absolute atomic E-state index is 11.9. The van der Waals surface area contributed by atoms with E-state index in [1.54, 1.807) is 7.11 Å². The van der Waals surface area contributed by atoms with Crippen molar-refractivity contribution in [1.29, 1.82) is 0 Å². The van der Waals surface area contributed by atoms with Crippen LogP contribution in [0.15, 0.2) is 54.6 Å². The number of rotatable bonds is 7. The second-order valence-electron chi connectivity index (χ2n) is 6.58. The summed E-state index contributed by atoms with van der Waals surface area (Å²) in [5, 5.41) is 3.51. The van der Waals surface area contributed by atoms with E-state index in [2.05, 4.69) is 17.4 Å². The van der Waals surface area contributed by atoms with Gasteiger partial charge in [-0.25, -0.2) is 0 Å². The first kappa shape index (κ1) is 19.0. The Labute approximate surface area is 155 Å². The molecule has 26 heavy (non-hydrogen) atoms. The zero-order chi connectivity index (χ0) is 18.4. The van der Waals surface area contributed by atoms with Crippen LogP contribution in [0.1, 0.15) is 23.2 Å². The molecule has 0 aromatic heterocycles. The topological polar surface area (TPSA) is 67.8 Å². The van der Waals surface area contributed by atoms with Gasteiger partial charge in [0, 0.05) is 24.6 Å². The summed E-state index contributed by atoms with van der Waals surface area (Å²) in [5.74, 6) is 0.736. The second-order valence-corrected chi connectivity index (χ2v) is 7.81. The number of hydrogen-bond acceptors (Lipinski definition) is 4. The normalized spacial score (nSPS) is 21.8. The number of ether oxygens (including phenoxy) is 2. The average molecular weight is 374 g/mol. The fourth-order valence-electron chi connectivity index (χ4n) is 3.28. The predicted molar refractivity (Wildman–Crippen MR) is 102 cm³/mol. The first-order valence-electron chi connectivity index (χ1n) is 8.84. The van der Waals surface area contributed by atoms with Crippen LogP contribution in [0.25, 0.3) is 0 Å². The van der Waals surface area contributed by atoms with E-state index < -0.39 is 13.7 Å². The van der Waals surface area contributed by atoms with Crippen LogP contribution in [0.5, 0.6) is 5.75 Å². The van der Waals surface area contributed by atoms with Gasteiger partial charge in [-0.15, -0.1) is 0 Å². The number of benzene rings is 2. The molecule has 0 aliphatic carbocycles. The SMILES string of the molecule is COc1ccc(C(CC2CNC(Cc3ccccc3)CO2)[P+](=O)O)cc1. The second kappa shape index (κ2) is 9.24. The molecule has 0 bridgehead atoms. The summed E-state index contributed by atoms with van der Waals surface area (Å²) in [6.45, 7) is 1.30. The number of methoxy groups -OCH3 is 1. The zero-order valence-electron chi connectivity index (χ0n) is 14.9. The maximum Gasteiger partial charge on any atom is 0.513 e. The lowest BCUT2D eigenvalue weighted by atomic mass is 10.0. The van der Waals surface area contributed by atoms with Crippen LogP contribution in [0, 0.1) is 0 Å². The predicted octanol–water partition coefficient (Wildman–Crippen LogP) is 3.46. The van der Waals surface area contributed by atoms with Gasteiger partial charge in [0.15, 0.2) is 0 Å². The van der Waals surface area contributed by atoms with Crippen molar-refractivity contribution in [3.05, 3.63) is 65.7 Å². The molecule has 2 aromatic rings. The Kier molecular flexibility index (Phi) is 6.75. The Hall–Kier alpha value is -1.78. The molecule has 0 spiro atoms. The van der Waals surface area contributed by atoms with Gasteiger partial charge in [0.1, 0.15) is 5.75 Å². The van der Waals surface area contributed by atoms with Gasteiger partial charge in [-0.1, -0.05) is 42.5 Å². The molecule has 138 valence electrons. The zero-order valence-corrected chi connectivity index (χ0v) is 15.8. The quantitative estimate of drug-likeness (QED) is 0.727. The van der Waals surface area contributed by atoms with Gasteiger partial charge in [0.25, 0.3) is 0 Å². The lowest BCUT2D eigenvalue weighted by Crippen LogP contribution is -2.47. The van der Waals surface area contributed by atoms with Crippen molar-refractivity contribution in [2.24, 2.45) is 0 Å². The lowest BCUT2D eigenvalue weighted by molar-refractivity contribution is -0.000755. The molecular weight excluding hydrogens is 349 g/mol. The van der Waals surface area contributed by atoms with E-state index in [1.165, 1.54) is 5.56 Å². The van der Waals surface area contributed by atoms with Gasteiger partial charge in [-0.05, 0) is 28.7 Å². The van der Waals surface area contributed by atoms with Crippen molar-refractivity contribution in [2.75, 3.05) is 20.3 Å². The van der Waals surface area contributed by atoms with E-state index in [-0.39, 0.29) is 12.1 Å². The molecule has 0 radical (unpaired) electrons. The molecule has 4 atom stereocenters. The Bertz CT molecular complexity index is 700. The van der Waals surface area contributed by atoms with Gasteiger partial charge in [-0.2, -0.15) is 4.89 Å². The highest BCUT2D eigenvalue weighted by Gasteiger charge is 2.35. The molecule has 1 aliphatic rings. The average Bonchev–Trinajstić information content (AvgIpc) is 2.68. The van der Waals surface area contributed by atoms with E-state index in [0.29, 0.717) is 19.6 Å². The Morgan fingerprint density at radius 1 is 1.23 bits per heavy atom. The Morgan fingerprint density at radius 3 is 2.54 bits per heavy atom. The highest BCUT2D eigenvalue weighted by Crippen LogP contribution is 2.42. The monoisotopic (exact) mass is 374 g/mol. The number of nitrogens with one attached hydrogen (secondary N) is 1. The molecule has 5 nitrogen and oxygen atoms in total. The van der Waals surface area contributed by atoms with Crippen LogP contribution in [0.2, 0.25) is 0 Å². The smallest absolute Gasteiger partial charge is 0.497 e. The highest BCUT2D eigenvalue weighted by atomic mass is 31.1. The van der Waals surface area contributed by atoms with E-state index >= 15 is 0 Å². The highest BCUT2D eigenvalue weighted by molar-refractivity contribution is 7.38. The first-order valence-corrected chi connectivity index (χ1v) is 10.1. The minimum Gasteiger partial charge on any atom is -0.497 e. The number of hydrogen-bond donors (Lipinski definition) is 2. The summed E-state index contributed by atoms with van der Waals surface area (Å²) in [6.07, 6.45) is 1.37. The fraction of sp³-hybridized carbons (Fsp3) is 0.400. The molecule has 1 heterocycles. The molecule has 0 saturated carbocycles. The molecule has 2 N–H and O–H groups in total. The van der Waals surface area contributed by atoms with E-state index in [9.17, 15) is 9.46 Å². The lowest BCUT2D eigenvalue weighted by Gasteiger charge is -2.30. The third kappa shape index (κ3) is 5.12. The molecule has 3 rings (SSSR count). The van der Waals surface area contributed by atoms with Crippen LogP contribution in [0.4, 0.5) is 0 Å². The van der Waals surface area contributed by atoms with Crippen LogP contribution >= 0.6 is 8.03 Å². The Balaban J connectivity index is 1.55. The van der Waals surface area contributed by atoms with E-state index in [0.717, 1.165) is 17.7 Å². The summed E-state index contributed by atoms with van der Waals surface area (Å²) < 4.78 is 23.0. The van der Waals surface area contributed by atoms with Gasteiger partial charge >= 0.3 is 8.03 Å². The minimum atomic E-state index is -2.33. The van der Waals surface area contributed by atoms with Crippen molar-refractivity contribution < 1.29 is 18.9 Å². The maximum atomic E-state index is 11.9. The first-order chi connectivity index (χ1) is 12.7. The van der Waals surface area contributed by atoms with E-state index in [4.69, 9.17) is 9.47 Å². The van der Waals surface area contributed by atoms with Crippen molar-refractivity contribution in [2.45, 2.75) is 30.6 Å². The molecule has 1 aliphatic heterocycles. The van der Waals surface area contributed by atoms with Crippen LogP contribution < -0.4 is 10.1 Å². The van der Waals surface area contributed by atoms with Crippen molar-refractivity contribution >= 4 is 8.03 Å².